The van der Waals surface area contributed by atoms with E-state index in [4.69, 9.17) is 11.5 Å². The Bertz CT molecular complexity index is 102. The Hall–Kier alpha value is -0.350. The first-order valence-corrected chi connectivity index (χ1v) is 2.76. The van der Waals surface area contributed by atoms with Crippen molar-refractivity contribution >= 4 is 18.3 Å². The molecule has 3 nitrogen and oxygen atoms in total. The van der Waals surface area contributed by atoms with E-state index in [0.29, 0.717) is 6.42 Å². The average Bonchev–Trinajstić information content (AvgIpc) is 1.83. The number of nitrogens with two attached hydrogens (primary N) is 2. The van der Waals surface area contributed by atoms with E-state index >= 15 is 0 Å². The van der Waals surface area contributed by atoms with E-state index in [9.17, 15) is 9.18 Å². The fraction of sp³-hybridized carbons (Fsp3) is 0.800. The van der Waals surface area contributed by atoms with Crippen LogP contribution in [-0.2, 0) is 4.79 Å². The fourth-order valence-corrected chi connectivity index (χ4v) is 0.405. The monoisotopic (exact) mass is 170 g/mol. The van der Waals surface area contributed by atoms with Crippen molar-refractivity contribution in [2.24, 2.45) is 11.5 Å². The number of carbonyl (C=O) groups is 1. The van der Waals surface area contributed by atoms with Gasteiger partial charge in [-0.25, -0.2) is 4.39 Å². The standard InChI is InChI=1S/C5H11FN2O.ClH/c6-3-4(7)1-2-5(8)9;/h4H,1-3,7H2,(H2,8,9);1H/t4-;/m0./s1. The molecule has 0 aliphatic rings. The molecule has 0 aromatic heterocycles. The summed E-state index contributed by atoms with van der Waals surface area (Å²) in [6.07, 6.45) is 0.511. The van der Waals surface area contributed by atoms with Gasteiger partial charge in [0, 0.05) is 12.5 Å². The first-order valence-electron chi connectivity index (χ1n) is 2.76. The molecule has 0 saturated heterocycles. The Morgan fingerprint density at radius 3 is 2.40 bits per heavy atom. The lowest BCUT2D eigenvalue weighted by Gasteiger charge is -2.02. The van der Waals surface area contributed by atoms with Crippen LogP contribution in [0.25, 0.3) is 0 Å². The smallest absolute Gasteiger partial charge is 0.217 e. The van der Waals surface area contributed by atoms with Gasteiger partial charge in [0.2, 0.25) is 5.91 Å². The molecule has 0 aromatic rings. The highest BCUT2D eigenvalue weighted by Gasteiger charge is 2.02. The van der Waals surface area contributed by atoms with E-state index in [1.165, 1.54) is 0 Å². The van der Waals surface area contributed by atoms with Crippen LogP contribution < -0.4 is 11.5 Å². The summed E-state index contributed by atoms with van der Waals surface area (Å²) in [7, 11) is 0. The zero-order chi connectivity index (χ0) is 7.28. The number of hydrogen-bond acceptors (Lipinski definition) is 2. The van der Waals surface area contributed by atoms with Crippen LogP contribution in [0.3, 0.4) is 0 Å². The van der Waals surface area contributed by atoms with Crippen LogP contribution in [0.1, 0.15) is 12.8 Å². The predicted octanol–water partition coefficient (Wildman–Crippen LogP) is -0.0295. The van der Waals surface area contributed by atoms with Gasteiger partial charge < -0.3 is 11.5 Å². The Kier molecular flexibility index (Phi) is 8.35. The Balaban J connectivity index is 0. The first-order chi connectivity index (χ1) is 4.16. The molecular weight excluding hydrogens is 159 g/mol. The van der Waals surface area contributed by atoms with Crippen LogP contribution in [0.5, 0.6) is 0 Å². The number of rotatable bonds is 4. The number of amides is 1. The summed E-state index contributed by atoms with van der Waals surface area (Å²) in [5.74, 6) is -0.432. The van der Waals surface area contributed by atoms with Crippen molar-refractivity contribution in [2.75, 3.05) is 6.67 Å². The van der Waals surface area contributed by atoms with Crippen LogP contribution in [0.15, 0.2) is 0 Å². The second-order valence-electron chi connectivity index (χ2n) is 1.92. The normalized spacial score (nSPS) is 11.8. The lowest BCUT2D eigenvalue weighted by atomic mass is 10.2. The van der Waals surface area contributed by atoms with Crippen molar-refractivity contribution < 1.29 is 9.18 Å². The van der Waals surface area contributed by atoms with Crippen LogP contribution in [-0.4, -0.2) is 18.6 Å². The predicted molar refractivity (Wildman–Crippen MR) is 39.6 cm³/mol. The lowest BCUT2D eigenvalue weighted by Crippen LogP contribution is -2.24. The average molecular weight is 171 g/mol. The topological polar surface area (TPSA) is 69.1 Å². The zero-order valence-electron chi connectivity index (χ0n) is 5.55. The molecule has 0 aliphatic heterocycles. The highest BCUT2D eigenvalue weighted by molar-refractivity contribution is 5.85. The molecule has 1 atom stereocenters. The second-order valence-corrected chi connectivity index (χ2v) is 1.92. The maximum Gasteiger partial charge on any atom is 0.217 e. The summed E-state index contributed by atoms with van der Waals surface area (Å²) < 4.78 is 11.6. The summed E-state index contributed by atoms with van der Waals surface area (Å²) in [6, 6.07) is -0.530. The van der Waals surface area contributed by atoms with Gasteiger partial charge in [0.1, 0.15) is 6.67 Å². The van der Waals surface area contributed by atoms with Crippen molar-refractivity contribution in [3.05, 3.63) is 0 Å². The van der Waals surface area contributed by atoms with Gasteiger partial charge in [-0.3, -0.25) is 4.79 Å². The molecule has 0 aromatic carbocycles. The molecule has 0 fully saturated rings. The lowest BCUT2D eigenvalue weighted by molar-refractivity contribution is -0.118. The first kappa shape index (κ1) is 12.3. The molecule has 0 unspecified atom stereocenters. The molecule has 0 bridgehead atoms. The Morgan fingerprint density at radius 2 is 2.10 bits per heavy atom. The summed E-state index contributed by atoms with van der Waals surface area (Å²) in [4.78, 5) is 10.1. The summed E-state index contributed by atoms with van der Waals surface area (Å²) in [5.41, 5.74) is 9.92. The van der Waals surface area contributed by atoms with Crippen molar-refractivity contribution in [1.82, 2.24) is 0 Å². The van der Waals surface area contributed by atoms with Crippen LogP contribution in [0.2, 0.25) is 0 Å². The number of primary amides is 1. The highest BCUT2D eigenvalue weighted by atomic mass is 35.5. The van der Waals surface area contributed by atoms with E-state index < -0.39 is 18.6 Å². The minimum Gasteiger partial charge on any atom is -0.370 e. The third-order valence-electron chi connectivity index (χ3n) is 0.960. The van der Waals surface area contributed by atoms with E-state index in [1.54, 1.807) is 0 Å². The molecule has 10 heavy (non-hydrogen) atoms. The minimum absolute atomic E-state index is 0. The van der Waals surface area contributed by atoms with Crippen molar-refractivity contribution in [3.8, 4) is 0 Å². The van der Waals surface area contributed by atoms with E-state index in [2.05, 4.69) is 0 Å². The van der Waals surface area contributed by atoms with E-state index in [1.807, 2.05) is 0 Å². The largest absolute Gasteiger partial charge is 0.370 e. The van der Waals surface area contributed by atoms with Gasteiger partial charge in [-0.15, -0.1) is 12.4 Å². The molecule has 0 saturated carbocycles. The molecule has 5 heteroatoms. The highest BCUT2D eigenvalue weighted by Crippen LogP contribution is 1.92. The molecule has 0 heterocycles. The van der Waals surface area contributed by atoms with Crippen molar-refractivity contribution in [3.63, 3.8) is 0 Å². The van der Waals surface area contributed by atoms with Crippen molar-refractivity contribution in [1.29, 1.82) is 0 Å². The van der Waals surface area contributed by atoms with Gasteiger partial charge in [-0.2, -0.15) is 0 Å². The summed E-state index contributed by atoms with van der Waals surface area (Å²) in [6.45, 7) is -0.590. The molecule has 4 N–H and O–H groups in total. The van der Waals surface area contributed by atoms with Crippen LogP contribution in [0, 0.1) is 0 Å². The third-order valence-corrected chi connectivity index (χ3v) is 0.960. The quantitative estimate of drug-likeness (QED) is 0.622. The summed E-state index contributed by atoms with van der Waals surface area (Å²) in [5, 5.41) is 0. The van der Waals surface area contributed by atoms with E-state index in [-0.39, 0.29) is 18.8 Å². The SMILES string of the molecule is Cl.NC(=O)CC[C@H](N)CF. The molecular formula is C5H12ClFN2O. The third kappa shape index (κ3) is 7.65. The maximum atomic E-state index is 11.6. The molecule has 0 aliphatic carbocycles. The molecule has 62 valence electrons. The van der Waals surface area contributed by atoms with Crippen LogP contribution in [0.4, 0.5) is 4.39 Å². The molecule has 1 amide bonds. The Morgan fingerprint density at radius 1 is 1.60 bits per heavy atom. The molecule has 0 spiro atoms. The fourth-order valence-electron chi connectivity index (χ4n) is 0.405. The number of alkyl halides is 1. The number of halogens is 2. The zero-order valence-corrected chi connectivity index (χ0v) is 6.36. The molecule has 0 radical (unpaired) electrons. The van der Waals surface area contributed by atoms with Gasteiger partial charge in [0.25, 0.3) is 0 Å². The van der Waals surface area contributed by atoms with Gasteiger partial charge in [-0.1, -0.05) is 0 Å². The van der Waals surface area contributed by atoms with Gasteiger partial charge in [0.15, 0.2) is 0 Å². The van der Waals surface area contributed by atoms with Gasteiger partial charge >= 0.3 is 0 Å². The second kappa shape index (κ2) is 6.77. The summed E-state index contributed by atoms with van der Waals surface area (Å²) >= 11 is 0. The maximum absolute atomic E-state index is 11.6. The van der Waals surface area contributed by atoms with Gasteiger partial charge in [-0.05, 0) is 6.42 Å². The van der Waals surface area contributed by atoms with Crippen LogP contribution >= 0.6 is 12.4 Å². The number of hydrogen-bond donors (Lipinski definition) is 2. The van der Waals surface area contributed by atoms with E-state index in [0.717, 1.165) is 0 Å². The van der Waals surface area contributed by atoms with Crippen molar-refractivity contribution in [2.45, 2.75) is 18.9 Å². The van der Waals surface area contributed by atoms with Gasteiger partial charge in [0.05, 0.1) is 0 Å². The number of carbonyl (C=O) groups excluding carboxylic acids is 1. The Labute approximate surface area is 65.4 Å². The molecule has 0 rings (SSSR count). The minimum atomic E-state index is -0.590.